The van der Waals surface area contributed by atoms with Crippen molar-refractivity contribution in [3.05, 3.63) is 27.2 Å². The zero-order valence-corrected chi connectivity index (χ0v) is 11.6. The van der Waals surface area contributed by atoms with Gasteiger partial charge in [-0.1, -0.05) is 34.8 Å². The third kappa shape index (κ3) is 4.72. The van der Waals surface area contributed by atoms with Crippen LogP contribution in [-0.2, 0) is 9.53 Å². The molecule has 94 valence electrons. The molecule has 3 nitrogen and oxygen atoms in total. The van der Waals surface area contributed by atoms with E-state index in [9.17, 15) is 4.79 Å². The zero-order valence-electron chi connectivity index (χ0n) is 9.30. The van der Waals surface area contributed by atoms with Crippen LogP contribution in [0.4, 0.5) is 0 Å². The number of rotatable bonds is 4. The summed E-state index contributed by atoms with van der Waals surface area (Å²) in [5, 5.41) is 0.735. The van der Waals surface area contributed by atoms with Gasteiger partial charge in [0, 0.05) is 5.02 Å². The number of carbonyl (C=O) groups is 1. The second-order valence-corrected chi connectivity index (χ2v) is 4.78. The van der Waals surface area contributed by atoms with Crippen molar-refractivity contribution < 1.29 is 14.3 Å². The lowest BCUT2D eigenvalue weighted by molar-refractivity contribution is -0.140. The lowest BCUT2D eigenvalue weighted by atomic mass is 10.3. The first-order valence-corrected chi connectivity index (χ1v) is 6.00. The molecule has 0 spiro atoms. The maximum Gasteiger partial charge on any atom is 0.337 e. The molecule has 0 atom stereocenters. The van der Waals surface area contributed by atoms with Crippen molar-refractivity contribution in [2.24, 2.45) is 0 Å². The third-order valence-electron chi connectivity index (χ3n) is 1.71. The van der Waals surface area contributed by atoms with Gasteiger partial charge in [-0.15, -0.1) is 0 Å². The van der Waals surface area contributed by atoms with E-state index in [-0.39, 0.29) is 28.5 Å². The average Bonchev–Trinajstić information content (AvgIpc) is 2.20. The van der Waals surface area contributed by atoms with Gasteiger partial charge in [0.05, 0.1) is 16.1 Å². The van der Waals surface area contributed by atoms with Gasteiger partial charge in [0.1, 0.15) is 6.61 Å². The minimum absolute atomic E-state index is 0.0567. The van der Waals surface area contributed by atoms with Crippen LogP contribution in [0.3, 0.4) is 0 Å². The molecule has 0 heterocycles. The summed E-state index contributed by atoms with van der Waals surface area (Å²) in [5.74, 6) is -0.472. The van der Waals surface area contributed by atoms with E-state index in [1.807, 2.05) is 13.8 Å². The van der Waals surface area contributed by atoms with Crippen LogP contribution >= 0.6 is 34.8 Å². The molecular formula is C11H11Cl3O3. The normalized spacial score (nSPS) is 10.7. The highest BCUT2D eigenvalue weighted by molar-refractivity contribution is 6.40. The van der Waals surface area contributed by atoms with Crippen LogP contribution in [0.2, 0.25) is 15.1 Å². The third-order valence-corrected chi connectivity index (χ3v) is 2.49. The molecule has 0 bridgehead atoms. The summed E-state index contributed by atoms with van der Waals surface area (Å²) < 4.78 is 10.1. The molecule has 1 aromatic rings. The molecule has 0 aliphatic heterocycles. The number of hydrogen-bond acceptors (Lipinski definition) is 3. The Kier molecular flexibility index (Phi) is 5.53. The Morgan fingerprint density at radius 3 is 2.24 bits per heavy atom. The molecule has 1 aromatic carbocycles. The van der Waals surface area contributed by atoms with Gasteiger partial charge < -0.3 is 9.47 Å². The van der Waals surface area contributed by atoms with E-state index in [1.165, 1.54) is 12.1 Å². The molecule has 0 aromatic heterocycles. The fraction of sp³-hybridized carbons (Fsp3) is 0.364. The number of ether oxygens (including phenoxy) is 2. The average molecular weight is 298 g/mol. The predicted octanol–water partition coefficient (Wildman–Crippen LogP) is 3.98. The molecule has 0 radical (unpaired) electrons. The molecule has 0 saturated carbocycles. The van der Waals surface area contributed by atoms with Crippen molar-refractivity contribution in [2.75, 3.05) is 6.61 Å². The number of benzene rings is 1. The van der Waals surface area contributed by atoms with Crippen molar-refractivity contribution in [2.45, 2.75) is 20.0 Å². The summed E-state index contributed by atoms with van der Waals surface area (Å²) >= 11 is 17.4. The molecule has 17 heavy (non-hydrogen) atoms. The van der Waals surface area contributed by atoms with Gasteiger partial charge >= 0.3 is 5.97 Å². The maximum atomic E-state index is 11.4. The van der Waals surface area contributed by atoms with Gasteiger partial charge in [-0.25, -0.2) is 4.79 Å². The first kappa shape index (κ1) is 14.6. The summed E-state index contributed by atoms with van der Waals surface area (Å²) in [6.45, 7) is 3.47. The van der Waals surface area contributed by atoms with Gasteiger partial charge in [-0.2, -0.15) is 0 Å². The smallest absolute Gasteiger partial charge is 0.337 e. The van der Waals surface area contributed by atoms with Crippen molar-refractivity contribution in [3.8, 4) is 5.75 Å². The van der Waals surface area contributed by atoms with Crippen LogP contribution in [0.15, 0.2) is 12.1 Å². The topological polar surface area (TPSA) is 35.5 Å². The number of halogens is 3. The van der Waals surface area contributed by atoms with Gasteiger partial charge in [0.15, 0.2) is 5.75 Å². The standard InChI is InChI=1S/C11H11Cl3O3/c1-6(2)16-5-10(15)17-11-8(13)3-7(12)4-9(11)14/h3-4,6H,5H2,1-2H3. The fourth-order valence-corrected chi connectivity index (χ4v) is 1.90. The Balaban J connectivity index is 2.72. The molecule has 6 heteroatoms. The van der Waals surface area contributed by atoms with Gasteiger partial charge in [0.25, 0.3) is 0 Å². The monoisotopic (exact) mass is 296 g/mol. The first-order chi connectivity index (χ1) is 7.90. The van der Waals surface area contributed by atoms with Crippen molar-refractivity contribution in [1.29, 1.82) is 0 Å². The van der Waals surface area contributed by atoms with Crippen molar-refractivity contribution in [1.82, 2.24) is 0 Å². The molecule has 0 saturated heterocycles. The maximum absolute atomic E-state index is 11.4. The highest BCUT2D eigenvalue weighted by Crippen LogP contribution is 2.35. The van der Waals surface area contributed by atoms with Gasteiger partial charge in [-0.05, 0) is 26.0 Å². The highest BCUT2D eigenvalue weighted by Gasteiger charge is 2.14. The van der Waals surface area contributed by atoms with E-state index >= 15 is 0 Å². The van der Waals surface area contributed by atoms with E-state index < -0.39 is 5.97 Å². The Bertz CT molecular complexity index is 395. The molecule has 0 fully saturated rings. The lowest BCUT2D eigenvalue weighted by Crippen LogP contribution is -2.18. The highest BCUT2D eigenvalue weighted by atomic mass is 35.5. The largest absolute Gasteiger partial charge is 0.422 e. The van der Waals surface area contributed by atoms with Gasteiger partial charge in [-0.3, -0.25) is 0 Å². The molecule has 0 aliphatic carbocycles. The van der Waals surface area contributed by atoms with Crippen LogP contribution in [0.25, 0.3) is 0 Å². The van der Waals surface area contributed by atoms with E-state index in [2.05, 4.69) is 0 Å². The SMILES string of the molecule is CC(C)OCC(=O)Oc1c(Cl)cc(Cl)cc1Cl. The first-order valence-electron chi connectivity index (χ1n) is 4.87. The molecule has 0 unspecified atom stereocenters. The van der Waals surface area contributed by atoms with Gasteiger partial charge in [0.2, 0.25) is 0 Å². The van der Waals surface area contributed by atoms with E-state index in [1.54, 1.807) is 0 Å². The molecule has 1 rings (SSSR count). The quantitative estimate of drug-likeness (QED) is 0.623. The van der Waals surface area contributed by atoms with Crippen molar-refractivity contribution >= 4 is 40.8 Å². The summed E-state index contributed by atoms with van der Waals surface area (Å²) in [5.41, 5.74) is 0. The minimum Gasteiger partial charge on any atom is -0.422 e. The van der Waals surface area contributed by atoms with Crippen LogP contribution in [0.1, 0.15) is 13.8 Å². The summed E-state index contributed by atoms with van der Waals surface area (Å²) in [4.78, 5) is 11.4. The van der Waals surface area contributed by atoms with Crippen LogP contribution in [0, 0.1) is 0 Å². The number of esters is 1. The second kappa shape index (κ2) is 6.45. The Hall–Kier alpha value is -0.480. The molecule has 0 N–H and O–H groups in total. The predicted molar refractivity (Wildman–Crippen MR) is 68.2 cm³/mol. The molecular weight excluding hydrogens is 286 g/mol. The molecule has 0 amide bonds. The van der Waals surface area contributed by atoms with E-state index in [0.29, 0.717) is 5.02 Å². The molecule has 0 aliphatic rings. The number of hydrogen-bond donors (Lipinski definition) is 0. The van der Waals surface area contributed by atoms with E-state index in [4.69, 9.17) is 44.3 Å². The minimum atomic E-state index is -0.565. The van der Waals surface area contributed by atoms with E-state index in [0.717, 1.165) is 0 Å². The van der Waals surface area contributed by atoms with Crippen LogP contribution < -0.4 is 4.74 Å². The summed E-state index contributed by atoms with van der Waals surface area (Å²) in [6.07, 6.45) is -0.0567. The Morgan fingerprint density at radius 2 is 1.76 bits per heavy atom. The Labute approximate surface area is 115 Å². The van der Waals surface area contributed by atoms with Crippen LogP contribution in [-0.4, -0.2) is 18.7 Å². The number of carbonyl (C=O) groups excluding carboxylic acids is 1. The summed E-state index contributed by atoms with van der Waals surface area (Å²) in [7, 11) is 0. The van der Waals surface area contributed by atoms with Crippen LogP contribution in [0.5, 0.6) is 5.75 Å². The van der Waals surface area contributed by atoms with Crippen molar-refractivity contribution in [3.63, 3.8) is 0 Å². The summed E-state index contributed by atoms with van der Waals surface area (Å²) in [6, 6.07) is 2.89. The Morgan fingerprint density at radius 1 is 1.24 bits per heavy atom. The second-order valence-electron chi connectivity index (χ2n) is 3.53. The zero-order chi connectivity index (χ0) is 13.0. The fourth-order valence-electron chi connectivity index (χ4n) is 1.00. The lowest BCUT2D eigenvalue weighted by Gasteiger charge is -2.10.